The molecule has 1 aromatic carbocycles. The van der Waals surface area contributed by atoms with Crippen LogP contribution in [-0.2, 0) is 19.6 Å². The Morgan fingerprint density at radius 1 is 1.30 bits per heavy atom. The van der Waals surface area contributed by atoms with Gasteiger partial charge in [-0.1, -0.05) is 18.2 Å². The number of likely N-dealkylation sites (tertiary alicyclic amines) is 1. The third kappa shape index (κ3) is 4.08. The number of carbonyl (C=O) groups is 2. The molecule has 0 aliphatic carbocycles. The zero-order valence-corrected chi connectivity index (χ0v) is 13.7. The molecular formula is C15H20N2O5S. The van der Waals surface area contributed by atoms with Gasteiger partial charge in [-0.15, -0.1) is 0 Å². The van der Waals surface area contributed by atoms with Crippen LogP contribution in [0, 0.1) is 0 Å². The molecule has 1 fully saturated rings. The number of rotatable bonds is 6. The zero-order chi connectivity index (χ0) is 17.0. The maximum absolute atomic E-state index is 12.4. The van der Waals surface area contributed by atoms with E-state index < -0.39 is 16.0 Å². The normalized spacial score (nSPS) is 18.3. The predicted molar refractivity (Wildman–Crippen MR) is 83.2 cm³/mol. The number of hydrogen-bond acceptors (Lipinski definition) is 4. The van der Waals surface area contributed by atoms with Gasteiger partial charge in [-0.05, 0) is 25.0 Å². The van der Waals surface area contributed by atoms with Gasteiger partial charge in [-0.25, -0.2) is 8.42 Å². The summed E-state index contributed by atoms with van der Waals surface area (Å²) in [5, 5.41) is 8.89. The number of hydrogen-bond donors (Lipinski definition) is 1. The van der Waals surface area contributed by atoms with Crippen molar-refractivity contribution in [2.45, 2.75) is 30.2 Å². The van der Waals surface area contributed by atoms with Crippen molar-refractivity contribution in [3.05, 3.63) is 30.3 Å². The van der Waals surface area contributed by atoms with Crippen LogP contribution < -0.4 is 0 Å². The predicted octanol–water partition coefficient (Wildman–Crippen LogP) is 0.773. The molecule has 0 saturated carbocycles. The molecule has 2 rings (SSSR count). The molecule has 0 bridgehead atoms. The van der Waals surface area contributed by atoms with Crippen molar-refractivity contribution in [2.75, 3.05) is 20.1 Å². The Morgan fingerprint density at radius 3 is 2.57 bits per heavy atom. The number of likely N-dealkylation sites (N-methyl/N-ethyl adjacent to an activating group) is 1. The highest BCUT2D eigenvalue weighted by molar-refractivity contribution is 7.89. The van der Waals surface area contributed by atoms with E-state index in [-0.39, 0.29) is 29.8 Å². The number of carbonyl (C=O) groups excluding carboxylic acids is 1. The SMILES string of the molecule is CN(CC(=O)N1CCCC1CC(=O)O)S(=O)(=O)c1ccccc1. The molecule has 1 aliphatic heterocycles. The van der Waals surface area contributed by atoms with Gasteiger partial charge in [0.05, 0.1) is 17.9 Å². The number of benzene rings is 1. The Labute approximate surface area is 135 Å². The molecule has 0 spiro atoms. The Balaban J connectivity index is 2.06. The van der Waals surface area contributed by atoms with Gasteiger partial charge in [0.25, 0.3) is 0 Å². The first-order chi connectivity index (χ1) is 10.8. The van der Waals surface area contributed by atoms with Crippen molar-refractivity contribution in [2.24, 2.45) is 0 Å². The van der Waals surface area contributed by atoms with E-state index in [1.807, 2.05) is 0 Å². The fourth-order valence-corrected chi connectivity index (χ4v) is 3.86. The molecule has 1 N–H and O–H groups in total. The van der Waals surface area contributed by atoms with Gasteiger partial charge in [-0.2, -0.15) is 4.31 Å². The van der Waals surface area contributed by atoms with Crippen molar-refractivity contribution in [1.82, 2.24) is 9.21 Å². The Morgan fingerprint density at radius 2 is 1.96 bits per heavy atom. The van der Waals surface area contributed by atoms with Crippen LogP contribution in [0.25, 0.3) is 0 Å². The second-order valence-electron chi connectivity index (χ2n) is 5.56. The highest BCUT2D eigenvalue weighted by Crippen LogP contribution is 2.21. The number of sulfonamides is 1. The van der Waals surface area contributed by atoms with E-state index >= 15 is 0 Å². The molecule has 1 amide bonds. The van der Waals surface area contributed by atoms with E-state index in [1.165, 1.54) is 24.1 Å². The molecule has 8 heteroatoms. The molecule has 0 radical (unpaired) electrons. The topological polar surface area (TPSA) is 95.0 Å². The Hall–Kier alpha value is -1.93. The van der Waals surface area contributed by atoms with Crippen LogP contribution in [0.1, 0.15) is 19.3 Å². The molecular weight excluding hydrogens is 320 g/mol. The maximum Gasteiger partial charge on any atom is 0.305 e. The van der Waals surface area contributed by atoms with Crippen molar-refractivity contribution in [1.29, 1.82) is 0 Å². The lowest BCUT2D eigenvalue weighted by molar-refractivity contribution is -0.139. The average molecular weight is 340 g/mol. The number of carboxylic acids is 1. The molecule has 23 heavy (non-hydrogen) atoms. The monoisotopic (exact) mass is 340 g/mol. The largest absolute Gasteiger partial charge is 0.481 e. The average Bonchev–Trinajstić information content (AvgIpc) is 2.95. The second-order valence-corrected chi connectivity index (χ2v) is 7.60. The fourth-order valence-electron chi connectivity index (χ4n) is 2.72. The molecule has 1 aliphatic rings. The summed E-state index contributed by atoms with van der Waals surface area (Å²) in [4.78, 5) is 24.8. The van der Waals surface area contributed by atoms with Gasteiger partial charge >= 0.3 is 5.97 Å². The van der Waals surface area contributed by atoms with Crippen molar-refractivity contribution < 1.29 is 23.1 Å². The highest BCUT2D eigenvalue weighted by atomic mass is 32.2. The number of amides is 1. The highest BCUT2D eigenvalue weighted by Gasteiger charge is 2.32. The fraction of sp³-hybridized carbons (Fsp3) is 0.467. The molecule has 1 heterocycles. The number of aliphatic carboxylic acids is 1. The van der Waals surface area contributed by atoms with Crippen molar-refractivity contribution in [3.8, 4) is 0 Å². The first kappa shape index (κ1) is 17.4. The molecule has 1 aromatic rings. The van der Waals surface area contributed by atoms with Gasteiger partial charge in [0.1, 0.15) is 0 Å². The second kappa shape index (κ2) is 7.10. The summed E-state index contributed by atoms with van der Waals surface area (Å²) < 4.78 is 25.8. The van der Waals surface area contributed by atoms with Crippen LogP contribution in [0.4, 0.5) is 0 Å². The van der Waals surface area contributed by atoms with Crippen LogP contribution in [0.2, 0.25) is 0 Å². The van der Waals surface area contributed by atoms with Crippen molar-refractivity contribution in [3.63, 3.8) is 0 Å². The molecule has 1 saturated heterocycles. The minimum Gasteiger partial charge on any atom is -0.481 e. The van der Waals surface area contributed by atoms with Gasteiger partial charge in [0.2, 0.25) is 15.9 Å². The summed E-state index contributed by atoms with van der Waals surface area (Å²) >= 11 is 0. The summed E-state index contributed by atoms with van der Waals surface area (Å²) in [6.07, 6.45) is 1.26. The van der Waals surface area contributed by atoms with Crippen LogP contribution in [0.15, 0.2) is 35.2 Å². The van der Waals surface area contributed by atoms with Gasteiger partial charge in [0.15, 0.2) is 0 Å². The quantitative estimate of drug-likeness (QED) is 0.825. The lowest BCUT2D eigenvalue weighted by Crippen LogP contribution is -2.43. The Kier molecular flexibility index (Phi) is 5.38. The summed E-state index contributed by atoms with van der Waals surface area (Å²) in [7, 11) is -2.38. The van der Waals surface area contributed by atoms with E-state index in [2.05, 4.69) is 0 Å². The zero-order valence-electron chi connectivity index (χ0n) is 12.9. The minimum absolute atomic E-state index is 0.110. The molecule has 1 atom stereocenters. The number of nitrogens with zero attached hydrogens (tertiary/aromatic N) is 2. The first-order valence-corrected chi connectivity index (χ1v) is 8.79. The molecule has 7 nitrogen and oxygen atoms in total. The van der Waals surface area contributed by atoms with Crippen molar-refractivity contribution >= 4 is 21.9 Å². The summed E-state index contributed by atoms with van der Waals surface area (Å²) in [6, 6.07) is 7.54. The van der Waals surface area contributed by atoms with E-state index in [1.54, 1.807) is 18.2 Å². The van der Waals surface area contributed by atoms with Crippen LogP contribution in [-0.4, -0.2) is 60.8 Å². The molecule has 126 valence electrons. The van der Waals surface area contributed by atoms with Gasteiger partial charge in [-0.3, -0.25) is 9.59 Å². The Bertz CT molecular complexity index is 674. The lowest BCUT2D eigenvalue weighted by atomic mass is 10.1. The summed E-state index contributed by atoms with van der Waals surface area (Å²) in [6.45, 7) is 0.170. The van der Waals surface area contributed by atoms with E-state index in [9.17, 15) is 18.0 Å². The standard InChI is InChI=1S/C15H20N2O5S/c1-16(23(21,22)13-7-3-2-4-8-13)11-14(18)17-9-5-6-12(17)10-15(19)20/h2-4,7-8,12H,5-6,9-11H2,1H3,(H,19,20). The third-order valence-corrected chi connectivity index (χ3v) is 5.73. The van der Waals surface area contributed by atoms with E-state index in [4.69, 9.17) is 5.11 Å². The number of carboxylic acid groups (broad SMARTS) is 1. The van der Waals surface area contributed by atoms with Gasteiger partial charge < -0.3 is 10.0 Å². The molecule has 0 aromatic heterocycles. The maximum atomic E-state index is 12.4. The van der Waals surface area contributed by atoms with Crippen LogP contribution in [0.5, 0.6) is 0 Å². The lowest BCUT2D eigenvalue weighted by Gasteiger charge is -2.26. The minimum atomic E-state index is -3.73. The van der Waals surface area contributed by atoms with Crippen LogP contribution >= 0.6 is 0 Å². The third-order valence-electron chi connectivity index (χ3n) is 3.92. The molecule has 1 unspecified atom stereocenters. The van der Waals surface area contributed by atoms with E-state index in [0.717, 1.165) is 10.7 Å². The van der Waals surface area contributed by atoms with Crippen LogP contribution in [0.3, 0.4) is 0 Å². The summed E-state index contributed by atoms with van der Waals surface area (Å²) in [5.41, 5.74) is 0. The smallest absolute Gasteiger partial charge is 0.305 e. The van der Waals surface area contributed by atoms with E-state index in [0.29, 0.717) is 13.0 Å². The first-order valence-electron chi connectivity index (χ1n) is 7.35. The van der Waals surface area contributed by atoms with Gasteiger partial charge in [0, 0.05) is 19.6 Å². The summed E-state index contributed by atoms with van der Waals surface area (Å²) in [5.74, 6) is -1.32.